The van der Waals surface area contributed by atoms with Crippen molar-refractivity contribution in [1.29, 1.82) is 0 Å². The maximum Gasteiger partial charge on any atom is 0.237 e. The summed E-state index contributed by atoms with van der Waals surface area (Å²) >= 11 is 0. The number of carbonyl (C=O) groups excluding carboxylic acids is 2. The van der Waals surface area contributed by atoms with E-state index in [-0.39, 0.29) is 11.3 Å². The molecule has 0 aromatic heterocycles. The van der Waals surface area contributed by atoms with Gasteiger partial charge >= 0.3 is 0 Å². The van der Waals surface area contributed by atoms with Crippen LogP contribution < -0.4 is 9.78 Å². The smallest absolute Gasteiger partial charge is 0.237 e. The van der Waals surface area contributed by atoms with Crippen LogP contribution in [0.4, 0.5) is 0 Å². The third-order valence-electron chi connectivity index (χ3n) is 3.06. The molecule has 1 radical (unpaired) electrons. The van der Waals surface area contributed by atoms with Crippen LogP contribution in [0.25, 0.3) is 0 Å². The van der Waals surface area contributed by atoms with Crippen molar-refractivity contribution in [3.8, 4) is 11.5 Å². The zero-order valence-corrected chi connectivity index (χ0v) is 10.1. The van der Waals surface area contributed by atoms with Crippen molar-refractivity contribution in [2.24, 2.45) is 0 Å². The van der Waals surface area contributed by atoms with Gasteiger partial charge in [0.2, 0.25) is 6.29 Å². The molecular weight excluding hydrogens is 244 g/mol. The molecule has 0 saturated heterocycles. The second kappa shape index (κ2) is 4.24. The van der Waals surface area contributed by atoms with Crippen LogP contribution in [-0.4, -0.2) is 12.1 Å². The molecule has 0 aliphatic carbocycles. The topological polar surface area (TPSA) is 52.6 Å². The van der Waals surface area contributed by atoms with Gasteiger partial charge in [0.25, 0.3) is 0 Å². The Balaban J connectivity index is 2.16. The van der Waals surface area contributed by atoms with Crippen LogP contribution >= 0.6 is 0 Å². The van der Waals surface area contributed by atoms with Crippen LogP contribution in [-0.2, 0) is 4.79 Å². The molecule has 93 valence electrons. The highest BCUT2D eigenvalue weighted by Crippen LogP contribution is 2.40. The molecule has 0 N–H and O–H groups in total. The fourth-order valence-electron chi connectivity index (χ4n) is 2.07. The number of carbonyl (C=O) groups is 1. The van der Waals surface area contributed by atoms with Gasteiger partial charge in [-0.3, -0.25) is 19.4 Å². The molecule has 1 aliphatic rings. The number of benzene rings is 2. The molecule has 1 aliphatic heterocycles. The first-order chi connectivity index (χ1) is 9.22. The third kappa shape index (κ3) is 1.69. The summed E-state index contributed by atoms with van der Waals surface area (Å²) in [6.07, 6.45) is 1.76. The molecular formula is C15H9O4. The minimum atomic E-state index is -0.216. The van der Waals surface area contributed by atoms with Gasteiger partial charge in [0.15, 0.2) is 17.3 Å². The minimum absolute atomic E-state index is 0.193. The monoisotopic (exact) mass is 253 g/mol. The van der Waals surface area contributed by atoms with E-state index in [1.54, 1.807) is 37.5 Å². The van der Waals surface area contributed by atoms with E-state index in [1.165, 1.54) is 6.07 Å². The second-order valence-electron chi connectivity index (χ2n) is 4.22. The molecule has 4 heteroatoms. The fourth-order valence-corrected chi connectivity index (χ4v) is 2.07. The average molecular weight is 253 g/mol. The summed E-state index contributed by atoms with van der Waals surface area (Å²) in [6, 6.07) is 10.2. The lowest BCUT2D eigenvalue weighted by Crippen LogP contribution is -2.03. The Kier molecular flexibility index (Phi) is 2.56. The Morgan fingerprint density at radius 1 is 1.11 bits per heavy atom. The molecule has 0 atom stereocenters. The molecule has 0 saturated carbocycles. The van der Waals surface area contributed by atoms with E-state index in [2.05, 4.69) is 0 Å². The van der Waals surface area contributed by atoms with Crippen molar-refractivity contribution >= 4 is 12.1 Å². The summed E-state index contributed by atoms with van der Waals surface area (Å²) in [5.74, 6) is 0.477. The van der Waals surface area contributed by atoms with Gasteiger partial charge in [0.1, 0.15) is 0 Å². The van der Waals surface area contributed by atoms with Crippen molar-refractivity contribution in [2.45, 2.75) is 6.92 Å². The average Bonchev–Trinajstić information content (AvgIpc) is 2.73. The Labute approximate surface area is 109 Å². The summed E-state index contributed by atoms with van der Waals surface area (Å²) in [4.78, 5) is 33.3. The van der Waals surface area contributed by atoms with E-state index in [1.807, 2.05) is 6.07 Å². The lowest BCUT2D eigenvalue weighted by Gasteiger charge is -2.03. The van der Waals surface area contributed by atoms with E-state index in [0.717, 1.165) is 0 Å². The van der Waals surface area contributed by atoms with Crippen LogP contribution in [0.2, 0.25) is 0 Å². The van der Waals surface area contributed by atoms with Gasteiger partial charge in [0.05, 0.1) is 11.1 Å². The normalized spacial score (nSPS) is 11.6. The van der Waals surface area contributed by atoms with Gasteiger partial charge in [-0.25, -0.2) is 0 Å². The zero-order valence-electron chi connectivity index (χ0n) is 10.1. The SMILES string of the molecule is Cc1c2c([C]=O)cc(C(=O)c3ccccc3)c1OO2. The maximum absolute atomic E-state index is 12.4. The van der Waals surface area contributed by atoms with Crippen molar-refractivity contribution in [2.75, 3.05) is 0 Å². The van der Waals surface area contributed by atoms with Crippen molar-refractivity contribution in [3.63, 3.8) is 0 Å². The summed E-state index contributed by atoms with van der Waals surface area (Å²) in [5.41, 5.74) is 1.67. The largest absolute Gasteiger partial charge is 0.289 e. The predicted molar refractivity (Wildman–Crippen MR) is 67.1 cm³/mol. The quantitative estimate of drug-likeness (QED) is 0.622. The first-order valence-corrected chi connectivity index (χ1v) is 5.72. The molecule has 2 aromatic carbocycles. The number of hydrogen-bond acceptors (Lipinski definition) is 4. The molecule has 0 fully saturated rings. The number of ketones is 1. The van der Waals surface area contributed by atoms with Crippen LogP contribution in [0.15, 0.2) is 36.4 Å². The van der Waals surface area contributed by atoms with Gasteiger partial charge in [0, 0.05) is 11.1 Å². The highest BCUT2D eigenvalue weighted by Gasteiger charge is 2.29. The molecule has 0 unspecified atom stereocenters. The number of hydrogen-bond donors (Lipinski definition) is 0. The molecule has 2 aromatic rings. The van der Waals surface area contributed by atoms with Crippen LogP contribution in [0, 0.1) is 6.92 Å². The highest BCUT2D eigenvalue weighted by molar-refractivity contribution is 6.12. The van der Waals surface area contributed by atoms with Crippen LogP contribution in [0.3, 0.4) is 0 Å². The molecule has 1 heterocycles. The Bertz CT molecular complexity index is 674. The lowest BCUT2D eigenvalue weighted by atomic mass is 9.97. The fraction of sp³-hybridized carbons (Fsp3) is 0.0667. The molecule has 4 nitrogen and oxygen atoms in total. The standard InChI is InChI=1S/C15H9O4/c1-9-14-11(8-16)7-12(15(9)19-18-14)13(17)10-5-3-2-4-6-10/h2-7H,1H3. The lowest BCUT2D eigenvalue weighted by molar-refractivity contribution is -0.0851. The molecule has 3 rings (SSSR count). The summed E-state index contributed by atoms with van der Waals surface area (Å²) in [5, 5.41) is 0. The third-order valence-corrected chi connectivity index (χ3v) is 3.06. The Morgan fingerprint density at radius 3 is 2.47 bits per heavy atom. The Morgan fingerprint density at radius 2 is 1.79 bits per heavy atom. The van der Waals surface area contributed by atoms with E-state index in [4.69, 9.17) is 9.78 Å². The summed E-state index contributed by atoms with van der Waals surface area (Å²) in [6.45, 7) is 1.74. The molecule has 0 amide bonds. The minimum Gasteiger partial charge on any atom is -0.289 e. The van der Waals surface area contributed by atoms with Crippen LogP contribution in [0.5, 0.6) is 11.5 Å². The van der Waals surface area contributed by atoms with E-state index in [0.29, 0.717) is 28.2 Å². The Hall–Kier alpha value is -2.62. The van der Waals surface area contributed by atoms with E-state index < -0.39 is 0 Å². The first kappa shape index (κ1) is 11.5. The van der Waals surface area contributed by atoms with Crippen molar-refractivity contribution in [1.82, 2.24) is 0 Å². The van der Waals surface area contributed by atoms with Crippen molar-refractivity contribution < 1.29 is 19.4 Å². The van der Waals surface area contributed by atoms with E-state index >= 15 is 0 Å². The van der Waals surface area contributed by atoms with Gasteiger partial charge in [-0.1, -0.05) is 30.3 Å². The molecule has 0 spiro atoms. The van der Waals surface area contributed by atoms with E-state index in [9.17, 15) is 9.59 Å². The first-order valence-electron chi connectivity index (χ1n) is 5.72. The number of fused-ring (bicyclic) bond motifs is 2. The maximum atomic E-state index is 12.4. The highest BCUT2D eigenvalue weighted by atomic mass is 17.2. The van der Waals surface area contributed by atoms with Gasteiger partial charge in [-0.05, 0) is 13.0 Å². The van der Waals surface area contributed by atoms with Gasteiger partial charge < -0.3 is 0 Å². The summed E-state index contributed by atoms with van der Waals surface area (Å²) < 4.78 is 0. The van der Waals surface area contributed by atoms with Crippen molar-refractivity contribution in [3.05, 3.63) is 58.7 Å². The molecule has 2 bridgehead atoms. The number of rotatable bonds is 3. The predicted octanol–water partition coefficient (Wildman–Crippen LogP) is 2.37. The summed E-state index contributed by atoms with van der Waals surface area (Å²) in [7, 11) is 0. The zero-order chi connectivity index (χ0) is 13.4. The van der Waals surface area contributed by atoms with Gasteiger partial charge in [-0.15, -0.1) is 0 Å². The second-order valence-corrected chi connectivity index (χ2v) is 4.22. The molecule has 19 heavy (non-hydrogen) atoms. The van der Waals surface area contributed by atoms with Gasteiger partial charge in [-0.2, -0.15) is 0 Å². The van der Waals surface area contributed by atoms with Crippen LogP contribution in [0.1, 0.15) is 27.0 Å².